The average Bonchev–Trinajstić information content (AvgIpc) is 2.65. The number of fused-ring (bicyclic) bond motifs is 2. The van der Waals surface area contributed by atoms with Crippen molar-refractivity contribution in [2.24, 2.45) is 16.7 Å². The molecule has 1 N–H and O–H groups in total. The maximum atomic E-state index is 4.30. The third-order valence-electron chi connectivity index (χ3n) is 5.88. The summed E-state index contributed by atoms with van der Waals surface area (Å²) in [6, 6.07) is 4.68. The normalized spacial score (nSPS) is 36.9. The quantitative estimate of drug-likeness (QED) is 0.815. The number of nitrogens with one attached hydrogen (secondary N) is 1. The molecule has 1 aromatic rings. The maximum Gasteiger partial charge on any atom is 0.129 e. The molecule has 2 saturated carbocycles. The highest BCUT2D eigenvalue weighted by Crippen LogP contribution is 2.65. The molecule has 3 heteroatoms. The molecule has 0 aromatic carbocycles. The minimum atomic E-state index is 0.410. The summed E-state index contributed by atoms with van der Waals surface area (Å²) in [7, 11) is 0. The molecule has 2 nitrogen and oxygen atoms in total. The number of rotatable bonds is 2. The summed E-state index contributed by atoms with van der Waals surface area (Å²) < 4.78 is 0.925. The van der Waals surface area contributed by atoms with Gasteiger partial charge in [0, 0.05) is 12.2 Å². The number of hydrogen-bond acceptors (Lipinski definition) is 2. The molecule has 98 valence electrons. The molecule has 2 aliphatic carbocycles. The first-order valence-electron chi connectivity index (χ1n) is 6.82. The predicted molar refractivity (Wildman–Crippen MR) is 78.6 cm³/mol. The van der Waals surface area contributed by atoms with E-state index in [1.807, 2.05) is 12.3 Å². The Morgan fingerprint density at radius 1 is 1.39 bits per heavy atom. The number of pyridine rings is 1. The van der Waals surface area contributed by atoms with Crippen molar-refractivity contribution in [3.8, 4) is 0 Å². The van der Waals surface area contributed by atoms with Crippen LogP contribution in [0.25, 0.3) is 0 Å². The molecule has 3 rings (SSSR count). The summed E-state index contributed by atoms with van der Waals surface area (Å²) in [5, 5.41) is 3.73. The van der Waals surface area contributed by atoms with Crippen molar-refractivity contribution in [1.82, 2.24) is 4.98 Å². The molecule has 2 bridgehead atoms. The van der Waals surface area contributed by atoms with Gasteiger partial charge in [-0.05, 0) is 64.1 Å². The fourth-order valence-electron chi connectivity index (χ4n) is 4.10. The predicted octanol–water partition coefficient (Wildman–Crippen LogP) is 4.47. The van der Waals surface area contributed by atoms with E-state index in [1.165, 1.54) is 19.3 Å². The van der Waals surface area contributed by atoms with Crippen molar-refractivity contribution in [1.29, 1.82) is 0 Å². The molecule has 3 unspecified atom stereocenters. The van der Waals surface area contributed by atoms with Gasteiger partial charge in [0.25, 0.3) is 0 Å². The van der Waals surface area contributed by atoms with E-state index >= 15 is 0 Å². The van der Waals surface area contributed by atoms with Crippen LogP contribution in [0.5, 0.6) is 0 Å². The second-order valence-electron chi connectivity index (χ2n) is 6.65. The molecule has 0 amide bonds. The van der Waals surface area contributed by atoms with E-state index < -0.39 is 0 Å². The Kier molecular flexibility index (Phi) is 2.74. The van der Waals surface area contributed by atoms with Crippen molar-refractivity contribution in [3.05, 3.63) is 22.9 Å². The molecule has 2 aliphatic rings. The summed E-state index contributed by atoms with van der Waals surface area (Å²) in [6.07, 6.45) is 5.86. The second-order valence-corrected chi connectivity index (χ2v) is 7.40. The summed E-state index contributed by atoms with van der Waals surface area (Å²) >= 11 is 3.53. The smallest absolute Gasteiger partial charge is 0.129 e. The lowest BCUT2D eigenvalue weighted by atomic mass is 9.69. The van der Waals surface area contributed by atoms with Gasteiger partial charge in [0.05, 0.1) is 5.69 Å². The van der Waals surface area contributed by atoms with Gasteiger partial charge in [0.15, 0.2) is 0 Å². The van der Waals surface area contributed by atoms with E-state index in [2.05, 4.69) is 53.1 Å². The Hall–Kier alpha value is -0.570. The lowest BCUT2D eigenvalue weighted by Crippen LogP contribution is -2.40. The van der Waals surface area contributed by atoms with Gasteiger partial charge in [0.1, 0.15) is 4.60 Å². The Bertz CT molecular complexity index is 471. The van der Waals surface area contributed by atoms with Gasteiger partial charge in [0.2, 0.25) is 0 Å². The van der Waals surface area contributed by atoms with Crippen molar-refractivity contribution < 1.29 is 0 Å². The minimum absolute atomic E-state index is 0.410. The van der Waals surface area contributed by atoms with Crippen LogP contribution in [0.2, 0.25) is 0 Å². The molecule has 1 heterocycles. The van der Waals surface area contributed by atoms with Crippen LogP contribution in [0.3, 0.4) is 0 Å². The van der Waals surface area contributed by atoms with E-state index in [1.54, 1.807) is 0 Å². The zero-order valence-electron chi connectivity index (χ0n) is 11.3. The van der Waals surface area contributed by atoms with Crippen LogP contribution in [-0.2, 0) is 0 Å². The standard InChI is InChI=1S/C15H21BrN2/c1-14(2)10-6-7-15(14,3)12(9-10)18-11-5-4-8-17-13(11)16/h4-5,8,10,12,18H,6-7,9H2,1-3H3. The van der Waals surface area contributed by atoms with Crippen LogP contribution in [0, 0.1) is 16.7 Å². The fourth-order valence-corrected chi connectivity index (χ4v) is 4.47. The first-order valence-corrected chi connectivity index (χ1v) is 7.61. The molecule has 3 atom stereocenters. The molecular weight excluding hydrogens is 288 g/mol. The molecule has 18 heavy (non-hydrogen) atoms. The Labute approximate surface area is 118 Å². The average molecular weight is 309 g/mol. The van der Waals surface area contributed by atoms with Crippen LogP contribution >= 0.6 is 15.9 Å². The van der Waals surface area contributed by atoms with Gasteiger partial charge >= 0.3 is 0 Å². The summed E-state index contributed by atoms with van der Waals surface area (Å²) in [5.41, 5.74) is 2.00. The molecule has 0 aliphatic heterocycles. The zero-order chi connectivity index (χ0) is 13.0. The lowest BCUT2D eigenvalue weighted by Gasteiger charge is -2.40. The van der Waals surface area contributed by atoms with Crippen LogP contribution in [0.4, 0.5) is 5.69 Å². The van der Waals surface area contributed by atoms with Crippen molar-refractivity contribution in [3.63, 3.8) is 0 Å². The van der Waals surface area contributed by atoms with E-state index in [0.717, 1.165) is 16.2 Å². The van der Waals surface area contributed by atoms with Gasteiger partial charge < -0.3 is 5.32 Å². The number of aromatic nitrogens is 1. The molecular formula is C15H21BrN2. The molecule has 0 radical (unpaired) electrons. The third-order valence-corrected chi connectivity index (χ3v) is 6.51. The number of anilines is 1. The number of halogens is 1. The lowest BCUT2D eigenvalue weighted by molar-refractivity contribution is 0.142. The van der Waals surface area contributed by atoms with Crippen molar-refractivity contribution in [2.45, 2.75) is 46.1 Å². The van der Waals surface area contributed by atoms with Crippen LogP contribution in [0.15, 0.2) is 22.9 Å². The number of hydrogen-bond donors (Lipinski definition) is 1. The van der Waals surface area contributed by atoms with Gasteiger partial charge in [-0.2, -0.15) is 0 Å². The highest BCUT2D eigenvalue weighted by Gasteiger charge is 2.61. The first kappa shape index (κ1) is 12.5. The van der Waals surface area contributed by atoms with Crippen LogP contribution in [0.1, 0.15) is 40.0 Å². The highest BCUT2D eigenvalue weighted by molar-refractivity contribution is 9.10. The Morgan fingerprint density at radius 3 is 2.72 bits per heavy atom. The number of nitrogens with zero attached hydrogens (tertiary/aromatic N) is 1. The molecule has 0 saturated heterocycles. The summed E-state index contributed by atoms with van der Waals surface area (Å²) in [6.45, 7) is 7.36. The van der Waals surface area contributed by atoms with Crippen LogP contribution in [-0.4, -0.2) is 11.0 Å². The van der Waals surface area contributed by atoms with Gasteiger partial charge in [-0.3, -0.25) is 0 Å². The van der Waals surface area contributed by atoms with Crippen molar-refractivity contribution in [2.75, 3.05) is 5.32 Å². The van der Waals surface area contributed by atoms with Gasteiger partial charge in [-0.25, -0.2) is 4.98 Å². The summed E-state index contributed by atoms with van der Waals surface area (Å²) in [4.78, 5) is 4.30. The van der Waals surface area contributed by atoms with Crippen molar-refractivity contribution >= 4 is 21.6 Å². The van der Waals surface area contributed by atoms with Crippen LogP contribution < -0.4 is 5.32 Å². The second kappa shape index (κ2) is 3.96. The van der Waals surface area contributed by atoms with E-state index in [0.29, 0.717) is 16.9 Å². The minimum Gasteiger partial charge on any atom is -0.380 e. The molecule has 0 spiro atoms. The maximum absolute atomic E-state index is 4.30. The van der Waals surface area contributed by atoms with E-state index in [4.69, 9.17) is 0 Å². The molecule has 2 fully saturated rings. The van der Waals surface area contributed by atoms with E-state index in [-0.39, 0.29) is 0 Å². The van der Waals surface area contributed by atoms with Gasteiger partial charge in [-0.15, -0.1) is 0 Å². The SMILES string of the molecule is CC1(C)C2CCC1(C)C(Nc1cccnc1Br)C2. The summed E-state index contributed by atoms with van der Waals surface area (Å²) in [5.74, 6) is 0.871. The fraction of sp³-hybridized carbons (Fsp3) is 0.667. The first-order chi connectivity index (χ1) is 8.45. The van der Waals surface area contributed by atoms with E-state index in [9.17, 15) is 0 Å². The van der Waals surface area contributed by atoms with Gasteiger partial charge in [-0.1, -0.05) is 20.8 Å². The zero-order valence-corrected chi connectivity index (χ0v) is 12.9. The highest BCUT2D eigenvalue weighted by atomic mass is 79.9. The monoisotopic (exact) mass is 308 g/mol. The molecule has 1 aromatic heterocycles. The third kappa shape index (κ3) is 1.56. The Morgan fingerprint density at radius 2 is 2.17 bits per heavy atom. The largest absolute Gasteiger partial charge is 0.380 e. The Balaban J connectivity index is 1.86. The topological polar surface area (TPSA) is 24.9 Å².